The highest BCUT2D eigenvalue weighted by molar-refractivity contribution is 6.03. The molecule has 0 spiro atoms. The maximum atomic E-state index is 13.5. The molecule has 0 saturated heterocycles. The summed E-state index contributed by atoms with van der Waals surface area (Å²) < 4.78 is 16.5. The van der Waals surface area contributed by atoms with Crippen molar-refractivity contribution in [3.8, 4) is 39.5 Å². The summed E-state index contributed by atoms with van der Waals surface area (Å²) in [6.07, 6.45) is 0. The Kier molecular flexibility index (Phi) is 7.89. The van der Waals surface area contributed by atoms with E-state index in [1.165, 1.54) is 6.92 Å². The fourth-order valence-electron chi connectivity index (χ4n) is 4.27. The normalized spacial score (nSPS) is 10.5. The van der Waals surface area contributed by atoms with Gasteiger partial charge >= 0.3 is 5.97 Å². The van der Waals surface area contributed by atoms with Crippen LogP contribution >= 0.6 is 0 Å². The van der Waals surface area contributed by atoms with E-state index in [4.69, 9.17) is 14.2 Å². The first-order valence-electron chi connectivity index (χ1n) is 11.9. The second kappa shape index (κ2) is 11.4. The fraction of sp³-hybridized carbons (Fsp3) is 0.161. The molecule has 6 nitrogen and oxygen atoms in total. The molecule has 0 bridgehead atoms. The van der Waals surface area contributed by atoms with E-state index in [-0.39, 0.29) is 11.9 Å². The average molecular weight is 496 g/mol. The van der Waals surface area contributed by atoms with Crippen LogP contribution in [0.4, 0.5) is 0 Å². The van der Waals surface area contributed by atoms with Gasteiger partial charge in [-0.05, 0) is 53.4 Å². The summed E-state index contributed by atoms with van der Waals surface area (Å²) in [5.41, 5.74) is 5.79. The second-order valence-corrected chi connectivity index (χ2v) is 8.53. The van der Waals surface area contributed by atoms with Crippen molar-refractivity contribution < 1.29 is 23.8 Å². The van der Waals surface area contributed by atoms with Gasteiger partial charge in [-0.25, -0.2) is 0 Å². The molecule has 0 aliphatic heterocycles. The number of hydrogen-bond donors (Lipinski definition) is 1. The summed E-state index contributed by atoms with van der Waals surface area (Å²) in [5.74, 6) is 0.959. The first-order chi connectivity index (χ1) is 17.9. The molecule has 37 heavy (non-hydrogen) atoms. The summed E-state index contributed by atoms with van der Waals surface area (Å²) in [6, 6.07) is 26.9. The second-order valence-electron chi connectivity index (χ2n) is 8.53. The van der Waals surface area contributed by atoms with Gasteiger partial charge in [0.25, 0.3) is 5.91 Å². The van der Waals surface area contributed by atoms with Crippen molar-refractivity contribution >= 4 is 11.9 Å². The molecular weight excluding hydrogens is 466 g/mol. The molecule has 0 aliphatic rings. The van der Waals surface area contributed by atoms with E-state index in [1.807, 2.05) is 43.3 Å². The highest BCUT2D eigenvalue weighted by atomic mass is 16.5. The van der Waals surface area contributed by atoms with Gasteiger partial charge in [0.1, 0.15) is 17.2 Å². The van der Waals surface area contributed by atoms with E-state index in [0.29, 0.717) is 34.9 Å². The predicted molar refractivity (Wildman–Crippen MR) is 144 cm³/mol. The van der Waals surface area contributed by atoms with Crippen molar-refractivity contribution in [2.75, 3.05) is 14.2 Å². The summed E-state index contributed by atoms with van der Waals surface area (Å²) in [4.78, 5) is 24.7. The molecule has 0 radical (unpaired) electrons. The molecule has 0 unspecified atom stereocenters. The SMILES string of the molecule is COc1cc(C(=O)NCc2ccc(OC(C)=O)cc2)c(-c2cccc(-c3ccccc3)c2)c(OC)c1C. The summed E-state index contributed by atoms with van der Waals surface area (Å²) >= 11 is 0. The van der Waals surface area contributed by atoms with Gasteiger partial charge in [0.2, 0.25) is 0 Å². The van der Waals surface area contributed by atoms with Crippen LogP contribution in [0.5, 0.6) is 17.2 Å². The standard InChI is InChI=1S/C31H29NO5/c1-20-28(35-3)18-27(31(34)32-19-22-13-15-26(16-14-22)37-21(2)33)29(30(20)36-4)25-12-8-11-24(17-25)23-9-6-5-7-10-23/h5-18H,19H2,1-4H3,(H,32,34). The van der Waals surface area contributed by atoms with Gasteiger partial charge in [-0.1, -0.05) is 60.7 Å². The van der Waals surface area contributed by atoms with E-state index in [1.54, 1.807) is 44.6 Å². The highest BCUT2D eigenvalue weighted by Gasteiger charge is 2.23. The number of rotatable bonds is 8. The lowest BCUT2D eigenvalue weighted by molar-refractivity contribution is -0.131. The van der Waals surface area contributed by atoms with Crippen molar-refractivity contribution in [3.05, 3.63) is 102 Å². The minimum atomic E-state index is -0.382. The van der Waals surface area contributed by atoms with E-state index in [2.05, 4.69) is 23.5 Å². The monoisotopic (exact) mass is 495 g/mol. The number of esters is 1. The zero-order valence-electron chi connectivity index (χ0n) is 21.3. The molecule has 4 rings (SSSR count). The average Bonchev–Trinajstić information content (AvgIpc) is 2.92. The molecule has 1 amide bonds. The van der Waals surface area contributed by atoms with Crippen LogP contribution in [0.2, 0.25) is 0 Å². The van der Waals surface area contributed by atoms with Crippen molar-refractivity contribution in [3.63, 3.8) is 0 Å². The van der Waals surface area contributed by atoms with Gasteiger partial charge in [-0.15, -0.1) is 0 Å². The van der Waals surface area contributed by atoms with Gasteiger partial charge in [0.15, 0.2) is 0 Å². The lowest BCUT2D eigenvalue weighted by atomic mass is 9.92. The van der Waals surface area contributed by atoms with Gasteiger partial charge < -0.3 is 19.5 Å². The molecular formula is C31H29NO5. The van der Waals surface area contributed by atoms with E-state index in [0.717, 1.165) is 27.8 Å². The van der Waals surface area contributed by atoms with Gasteiger partial charge in [0, 0.05) is 24.6 Å². The number of carbonyl (C=O) groups excluding carboxylic acids is 2. The fourth-order valence-corrected chi connectivity index (χ4v) is 4.27. The number of nitrogens with one attached hydrogen (secondary N) is 1. The van der Waals surface area contributed by atoms with Gasteiger partial charge in [-0.3, -0.25) is 9.59 Å². The third kappa shape index (κ3) is 5.81. The number of carbonyl (C=O) groups is 2. The third-order valence-electron chi connectivity index (χ3n) is 6.05. The van der Waals surface area contributed by atoms with Crippen molar-refractivity contribution in [2.24, 2.45) is 0 Å². The van der Waals surface area contributed by atoms with Crippen LogP contribution in [-0.4, -0.2) is 26.1 Å². The Morgan fingerprint density at radius 1 is 0.784 bits per heavy atom. The topological polar surface area (TPSA) is 73.9 Å². The van der Waals surface area contributed by atoms with Crippen molar-refractivity contribution in [1.82, 2.24) is 5.32 Å². The summed E-state index contributed by atoms with van der Waals surface area (Å²) in [6.45, 7) is 3.56. The minimum Gasteiger partial charge on any atom is -0.496 e. The minimum absolute atomic E-state index is 0.263. The van der Waals surface area contributed by atoms with Gasteiger partial charge in [0.05, 0.1) is 19.8 Å². The molecule has 4 aromatic rings. The molecule has 0 atom stereocenters. The predicted octanol–water partition coefficient (Wildman–Crippen LogP) is 6.20. The molecule has 4 aromatic carbocycles. The van der Waals surface area contributed by atoms with Crippen LogP contribution in [0.25, 0.3) is 22.3 Å². The Morgan fingerprint density at radius 3 is 2.11 bits per heavy atom. The van der Waals surface area contributed by atoms with Gasteiger partial charge in [-0.2, -0.15) is 0 Å². The first-order valence-corrected chi connectivity index (χ1v) is 11.9. The molecule has 188 valence electrons. The highest BCUT2D eigenvalue weighted by Crippen LogP contribution is 2.42. The zero-order valence-corrected chi connectivity index (χ0v) is 21.3. The zero-order chi connectivity index (χ0) is 26.4. The number of ether oxygens (including phenoxy) is 3. The van der Waals surface area contributed by atoms with E-state index >= 15 is 0 Å². The van der Waals surface area contributed by atoms with Crippen LogP contribution in [-0.2, 0) is 11.3 Å². The van der Waals surface area contributed by atoms with E-state index in [9.17, 15) is 9.59 Å². The molecule has 0 aromatic heterocycles. The molecule has 0 aliphatic carbocycles. The first kappa shape index (κ1) is 25.5. The number of methoxy groups -OCH3 is 2. The molecule has 6 heteroatoms. The smallest absolute Gasteiger partial charge is 0.308 e. The van der Waals surface area contributed by atoms with Crippen molar-refractivity contribution in [2.45, 2.75) is 20.4 Å². The van der Waals surface area contributed by atoms with Crippen molar-refractivity contribution in [1.29, 1.82) is 0 Å². The summed E-state index contributed by atoms with van der Waals surface area (Å²) in [5, 5.41) is 3.00. The maximum Gasteiger partial charge on any atom is 0.308 e. The van der Waals surface area contributed by atoms with Crippen LogP contribution in [0, 0.1) is 6.92 Å². The van der Waals surface area contributed by atoms with Crippen LogP contribution in [0.1, 0.15) is 28.4 Å². The molecule has 1 N–H and O–H groups in total. The molecule has 0 saturated carbocycles. The van der Waals surface area contributed by atoms with E-state index < -0.39 is 0 Å². The quantitative estimate of drug-likeness (QED) is 0.233. The number of amides is 1. The Bertz CT molecular complexity index is 1410. The van der Waals surface area contributed by atoms with Crippen LogP contribution in [0.3, 0.4) is 0 Å². The Hall–Kier alpha value is -4.58. The maximum absolute atomic E-state index is 13.5. The molecule has 0 heterocycles. The molecule has 0 fully saturated rings. The number of benzene rings is 4. The Balaban J connectivity index is 1.71. The third-order valence-corrected chi connectivity index (χ3v) is 6.05. The largest absolute Gasteiger partial charge is 0.496 e. The lowest BCUT2D eigenvalue weighted by Gasteiger charge is -2.19. The Morgan fingerprint density at radius 2 is 1.46 bits per heavy atom. The summed E-state index contributed by atoms with van der Waals surface area (Å²) in [7, 11) is 3.17. The Labute approximate surface area is 216 Å². The number of hydrogen-bond acceptors (Lipinski definition) is 5. The van der Waals surface area contributed by atoms with Crippen LogP contribution in [0.15, 0.2) is 84.9 Å². The van der Waals surface area contributed by atoms with Crippen LogP contribution < -0.4 is 19.5 Å². The lowest BCUT2D eigenvalue weighted by Crippen LogP contribution is -2.24.